The molecular weight excluding hydrogens is 282 g/mol. The van der Waals surface area contributed by atoms with Crippen molar-refractivity contribution in [1.29, 1.82) is 15.8 Å². The Hall–Kier alpha value is -2.31. The van der Waals surface area contributed by atoms with Gasteiger partial charge < -0.3 is 0 Å². The van der Waals surface area contributed by atoms with Crippen molar-refractivity contribution < 1.29 is 0 Å². The third-order valence-electron chi connectivity index (χ3n) is 4.11. The molecule has 0 saturated heterocycles. The molecule has 0 aliphatic rings. The lowest BCUT2D eigenvalue weighted by Crippen LogP contribution is -2.30. The van der Waals surface area contributed by atoms with E-state index in [1.807, 2.05) is 36.4 Å². The highest BCUT2D eigenvalue weighted by atomic mass is 14.4. The number of hydrogen-bond acceptors (Lipinski definition) is 3. The quantitative estimate of drug-likeness (QED) is 0.776. The third kappa shape index (κ3) is 4.34. The van der Waals surface area contributed by atoms with Crippen molar-refractivity contribution in [3.8, 4) is 18.2 Å². The van der Waals surface area contributed by atoms with Crippen molar-refractivity contribution in [2.45, 2.75) is 53.4 Å². The molecule has 1 unspecified atom stereocenters. The largest absolute Gasteiger partial charge is 0.198 e. The number of nitrogens with zero attached hydrogens (tertiary/aromatic N) is 3. The van der Waals surface area contributed by atoms with Gasteiger partial charge in [0.05, 0.1) is 18.2 Å². The molecule has 1 rings (SSSR count). The Morgan fingerprint density at radius 2 is 1.09 bits per heavy atom. The maximum atomic E-state index is 9.30. The van der Waals surface area contributed by atoms with Crippen molar-refractivity contribution in [3.05, 3.63) is 35.4 Å². The van der Waals surface area contributed by atoms with Crippen LogP contribution in [0.25, 0.3) is 0 Å². The van der Waals surface area contributed by atoms with Crippen molar-refractivity contribution in [2.75, 3.05) is 0 Å². The van der Waals surface area contributed by atoms with Gasteiger partial charge in [0.25, 0.3) is 0 Å². The topological polar surface area (TPSA) is 71.4 Å². The molecule has 0 saturated carbocycles. The molecule has 0 heterocycles. The fraction of sp³-hybridized carbons (Fsp3) is 0.550. The van der Waals surface area contributed by atoms with E-state index in [9.17, 15) is 5.26 Å². The number of rotatable bonds is 3. The van der Waals surface area contributed by atoms with E-state index in [2.05, 4.69) is 47.6 Å². The molecule has 0 amide bonds. The summed E-state index contributed by atoms with van der Waals surface area (Å²) in [6.45, 7) is 13.4. The summed E-state index contributed by atoms with van der Waals surface area (Å²) >= 11 is 0. The first-order chi connectivity index (χ1) is 10.6. The van der Waals surface area contributed by atoms with Gasteiger partial charge in [0.2, 0.25) is 0 Å². The van der Waals surface area contributed by atoms with E-state index >= 15 is 0 Å². The summed E-state index contributed by atoms with van der Waals surface area (Å²) in [7, 11) is 0. The van der Waals surface area contributed by atoms with Crippen molar-refractivity contribution in [1.82, 2.24) is 0 Å². The second-order valence-electron chi connectivity index (χ2n) is 8.17. The standard InChI is InChI=1S/C20H25N3/c1-19(2,3)18(20(4,5)6)15-9-7-14(8-10-15)17(13-23)16(11-21)12-22/h7-10,16-18H,1-6H3. The fourth-order valence-electron chi connectivity index (χ4n) is 3.71. The van der Waals surface area contributed by atoms with Crippen LogP contribution in [0.4, 0.5) is 0 Å². The van der Waals surface area contributed by atoms with Crippen molar-refractivity contribution >= 4 is 0 Å². The SMILES string of the molecule is CC(C)(C)C(c1ccc(C(C#N)C(C#N)C#N)cc1)C(C)(C)C. The molecule has 1 aromatic carbocycles. The molecular formula is C20H25N3. The fourth-order valence-corrected chi connectivity index (χ4v) is 3.71. The lowest BCUT2D eigenvalue weighted by molar-refractivity contribution is 0.176. The summed E-state index contributed by atoms with van der Waals surface area (Å²) in [5, 5.41) is 27.3. The molecule has 0 aliphatic carbocycles. The van der Waals surface area contributed by atoms with Crippen LogP contribution in [0.5, 0.6) is 0 Å². The highest BCUT2D eigenvalue weighted by Gasteiger charge is 2.36. The summed E-state index contributed by atoms with van der Waals surface area (Å²) in [6, 6.07) is 13.7. The maximum Gasteiger partial charge on any atom is 0.153 e. The first-order valence-electron chi connectivity index (χ1n) is 7.85. The predicted molar refractivity (Wildman–Crippen MR) is 91.2 cm³/mol. The zero-order chi connectivity index (χ0) is 17.8. The molecule has 0 N–H and O–H groups in total. The van der Waals surface area contributed by atoms with E-state index in [1.54, 1.807) is 0 Å². The minimum absolute atomic E-state index is 0.107. The minimum Gasteiger partial charge on any atom is -0.198 e. The molecule has 0 radical (unpaired) electrons. The van der Waals surface area contributed by atoms with Gasteiger partial charge in [-0.2, -0.15) is 15.8 Å². The van der Waals surface area contributed by atoms with Crippen molar-refractivity contribution in [3.63, 3.8) is 0 Å². The first-order valence-corrected chi connectivity index (χ1v) is 7.85. The van der Waals surface area contributed by atoms with Crippen LogP contribution in [-0.2, 0) is 0 Å². The van der Waals surface area contributed by atoms with Crippen LogP contribution in [0.15, 0.2) is 24.3 Å². The summed E-state index contributed by atoms with van der Waals surface area (Å²) in [5.74, 6) is -1.29. The van der Waals surface area contributed by atoms with Crippen LogP contribution in [0.3, 0.4) is 0 Å². The highest BCUT2D eigenvalue weighted by molar-refractivity contribution is 5.35. The average molecular weight is 307 g/mol. The summed E-state index contributed by atoms with van der Waals surface area (Å²) in [6.07, 6.45) is 0. The van der Waals surface area contributed by atoms with E-state index in [0.29, 0.717) is 5.92 Å². The predicted octanol–water partition coefficient (Wildman–Crippen LogP) is 5.13. The van der Waals surface area contributed by atoms with Gasteiger partial charge in [-0.3, -0.25) is 0 Å². The number of nitriles is 3. The molecule has 0 fully saturated rings. The van der Waals surface area contributed by atoms with Gasteiger partial charge in [-0.25, -0.2) is 0 Å². The summed E-state index contributed by atoms with van der Waals surface area (Å²) in [4.78, 5) is 0. The smallest absolute Gasteiger partial charge is 0.153 e. The van der Waals surface area contributed by atoms with Gasteiger partial charge in [0.15, 0.2) is 5.92 Å². The molecule has 3 nitrogen and oxygen atoms in total. The molecule has 1 aromatic rings. The van der Waals surface area contributed by atoms with E-state index in [-0.39, 0.29) is 10.8 Å². The van der Waals surface area contributed by atoms with Crippen LogP contribution < -0.4 is 0 Å². The monoisotopic (exact) mass is 307 g/mol. The van der Waals surface area contributed by atoms with Gasteiger partial charge in [-0.15, -0.1) is 0 Å². The highest BCUT2D eigenvalue weighted by Crippen LogP contribution is 2.47. The second-order valence-corrected chi connectivity index (χ2v) is 8.17. The van der Waals surface area contributed by atoms with Gasteiger partial charge in [0.1, 0.15) is 5.92 Å². The van der Waals surface area contributed by atoms with E-state index in [4.69, 9.17) is 10.5 Å². The Morgan fingerprint density at radius 3 is 1.39 bits per heavy atom. The van der Waals surface area contributed by atoms with E-state index in [1.165, 1.54) is 5.56 Å². The Bertz CT molecular complexity index is 624. The zero-order valence-electron chi connectivity index (χ0n) is 14.9. The third-order valence-corrected chi connectivity index (χ3v) is 4.11. The Kier molecular flexibility index (Phi) is 5.58. The molecule has 1 atom stereocenters. The Balaban J connectivity index is 3.26. The zero-order valence-corrected chi connectivity index (χ0v) is 14.9. The van der Waals surface area contributed by atoms with Gasteiger partial charge in [0, 0.05) is 0 Å². The minimum atomic E-state index is -0.938. The molecule has 0 aliphatic heterocycles. The van der Waals surface area contributed by atoms with Crippen LogP contribution in [-0.4, -0.2) is 0 Å². The van der Waals surface area contributed by atoms with Gasteiger partial charge >= 0.3 is 0 Å². The molecule has 23 heavy (non-hydrogen) atoms. The van der Waals surface area contributed by atoms with Gasteiger partial charge in [-0.05, 0) is 27.9 Å². The van der Waals surface area contributed by atoms with E-state index in [0.717, 1.165) is 5.56 Å². The van der Waals surface area contributed by atoms with Crippen LogP contribution in [0.1, 0.15) is 64.5 Å². The normalized spacial score (nSPS) is 13.3. The van der Waals surface area contributed by atoms with Crippen molar-refractivity contribution in [2.24, 2.45) is 16.7 Å². The number of hydrogen-bond donors (Lipinski definition) is 0. The first kappa shape index (κ1) is 18.7. The number of benzene rings is 1. The summed E-state index contributed by atoms with van der Waals surface area (Å²) in [5.41, 5.74) is 2.16. The van der Waals surface area contributed by atoms with E-state index < -0.39 is 11.8 Å². The van der Waals surface area contributed by atoms with Crippen LogP contribution in [0.2, 0.25) is 0 Å². The summed E-state index contributed by atoms with van der Waals surface area (Å²) < 4.78 is 0. The molecule has 120 valence electrons. The molecule has 0 bridgehead atoms. The lowest BCUT2D eigenvalue weighted by Gasteiger charge is -2.41. The molecule has 0 spiro atoms. The second kappa shape index (κ2) is 6.85. The molecule has 3 heteroatoms. The Morgan fingerprint density at radius 1 is 0.696 bits per heavy atom. The van der Waals surface area contributed by atoms with Crippen LogP contribution >= 0.6 is 0 Å². The molecule has 0 aromatic heterocycles. The Labute approximate surface area is 140 Å². The lowest BCUT2D eigenvalue weighted by atomic mass is 9.63. The van der Waals surface area contributed by atoms with Gasteiger partial charge in [-0.1, -0.05) is 65.8 Å². The average Bonchev–Trinajstić information content (AvgIpc) is 2.42. The maximum absolute atomic E-state index is 9.30. The van der Waals surface area contributed by atoms with Crippen LogP contribution in [0, 0.1) is 50.7 Å².